The van der Waals surface area contributed by atoms with E-state index < -0.39 is 0 Å². The van der Waals surface area contributed by atoms with Gasteiger partial charge in [0, 0.05) is 16.0 Å². The molecule has 0 fully saturated rings. The van der Waals surface area contributed by atoms with E-state index in [0.29, 0.717) is 39.0 Å². The van der Waals surface area contributed by atoms with Crippen LogP contribution in [0.3, 0.4) is 0 Å². The lowest BCUT2D eigenvalue weighted by molar-refractivity contribution is 0.355. The van der Waals surface area contributed by atoms with Gasteiger partial charge in [-0.3, -0.25) is 9.36 Å². The Morgan fingerprint density at radius 2 is 1.82 bits per heavy atom. The van der Waals surface area contributed by atoms with E-state index in [0.717, 1.165) is 16.0 Å². The summed E-state index contributed by atoms with van der Waals surface area (Å²) < 4.78 is 17.5. The lowest BCUT2D eigenvalue weighted by Crippen LogP contribution is -2.21. The van der Waals surface area contributed by atoms with Gasteiger partial charge in [-0.15, -0.1) is 11.3 Å². The van der Waals surface area contributed by atoms with Gasteiger partial charge < -0.3 is 14.0 Å². The van der Waals surface area contributed by atoms with Gasteiger partial charge in [0.05, 0.1) is 25.9 Å². The van der Waals surface area contributed by atoms with Crippen LogP contribution in [0.4, 0.5) is 0 Å². The molecule has 8 nitrogen and oxygen atoms in total. The predicted octanol–water partition coefficient (Wildman–Crippen LogP) is 4.55. The van der Waals surface area contributed by atoms with Gasteiger partial charge in [0.2, 0.25) is 11.7 Å². The van der Waals surface area contributed by atoms with Crippen LogP contribution in [0, 0.1) is 6.92 Å². The van der Waals surface area contributed by atoms with E-state index in [1.54, 1.807) is 26.4 Å². The van der Waals surface area contributed by atoms with Gasteiger partial charge in [-0.2, -0.15) is 4.98 Å². The van der Waals surface area contributed by atoms with Crippen molar-refractivity contribution < 1.29 is 14.0 Å². The third-order valence-corrected chi connectivity index (χ3v) is 6.35. The maximum atomic E-state index is 13.4. The zero-order valence-electron chi connectivity index (χ0n) is 18.2. The molecule has 2 aromatic carbocycles. The molecule has 0 saturated carbocycles. The van der Waals surface area contributed by atoms with Gasteiger partial charge in [-0.25, -0.2) is 4.98 Å². The van der Waals surface area contributed by atoms with Crippen LogP contribution in [0.1, 0.15) is 10.8 Å². The number of benzene rings is 2. The van der Waals surface area contributed by atoms with Crippen molar-refractivity contribution in [1.82, 2.24) is 19.7 Å². The normalized spacial score (nSPS) is 11.1. The molecule has 0 amide bonds. The number of fused-ring (bicyclic) bond motifs is 1. The molecular weight excluding hydrogens is 440 g/mol. The molecule has 0 aliphatic carbocycles. The highest BCUT2D eigenvalue weighted by Gasteiger charge is 2.18. The summed E-state index contributed by atoms with van der Waals surface area (Å²) in [6.45, 7) is 2.12. The topological polar surface area (TPSA) is 92.3 Å². The molecule has 0 unspecified atom stereocenters. The van der Waals surface area contributed by atoms with Crippen molar-refractivity contribution in [3.63, 3.8) is 0 Å². The number of aryl methyl sites for hydroxylation is 1. The van der Waals surface area contributed by atoms with Crippen LogP contribution in [0.5, 0.6) is 11.5 Å². The predicted molar refractivity (Wildman–Crippen MR) is 126 cm³/mol. The molecule has 3 aromatic heterocycles. The first-order chi connectivity index (χ1) is 16.1. The smallest absolute Gasteiger partial charge is 0.263 e. The first-order valence-corrected chi connectivity index (χ1v) is 11.0. The number of hydrogen-bond donors (Lipinski definition) is 0. The average molecular weight is 461 g/mol. The van der Waals surface area contributed by atoms with Crippen molar-refractivity contribution in [1.29, 1.82) is 0 Å². The fourth-order valence-electron chi connectivity index (χ4n) is 3.76. The summed E-state index contributed by atoms with van der Waals surface area (Å²) in [7, 11) is 3.14. The Bertz CT molecular complexity index is 1500. The van der Waals surface area contributed by atoms with Gasteiger partial charge in [0.1, 0.15) is 11.4 Å². The number of rotatable bonds is 6. The Hall–Kier alpha value is -3.98. The Morgan fingerprint density at radius 3 is 2.58 bits per heavy atom. The van der Waals surface area contributed by atoms with E-state index in [1.165, 1.54) is 22.2 Å². The third kappa shape index (κ3) is 3.76. The van der Waals surface area contributed by atoms with Crippen LogP contribution in [-0.4, -0.2) is 33.9 Å². The zero-order chi connectivity index (χ0) is 22.9. The molecule has 0 aliphatic heterocycles. The van der Waals surface area contributed by atoms with E-state index in [9.17, 15) is 4.79 Å². The first-order valence-electron chi connectivity index (χ1n) is 10.2. The second-order valence-electron chi connectivity index (χ2n) is 7.34. The number of nitrogens with zero attached hydrogens (tertiary/aromatic N) is 4. The van der Waals surface area contributed by atoms with Gasteiger partial charge in [0.25, 0.3) is 5.56 Å². The zero-order valence-corrected chi connectivity index (χ0v) is 19.0. The number of ether oxygens (including phenoxy) is 2. The summed E-state index contributed by atoms with van der Waals surface area (Å²) in [5, 5.41) is 4.66. The number of hydrogen-bond acceptors (Lipinski definition) is 8. The summed E-state index contributed by atoms with van der Waals surface area (Å²) >= 11 is 1.51. The molecule has 0 radical (unpaired) electrons. The van der Waals surface area contributed by atoms with Crippen molar-refractivity contribution in [2.45, 2.75) is 13.5 Å². The quantitative estimate of drug-likeness (QED) is 0.367. The molecule has 5 aromatic rings. The minimum atomic E-state index is -0.144. The molecule has 0 saturated heterocycles. The Kier molecular flexibility index (Phi) is 5.39. The largest absolute Gasteiger partial charge is 0.493 e. The Labute approximate surface area is 193 Å². The molecule has 0 N–H and O–H groups in total. The summed E-state index contributed by atoms with van der Waals surface area (Å²) in [6.07, 6.45) is 1.52. The SMILES string of the molecule is COc1ccc(-c2noc(Cn3cnc4sc(C)c(-c5ccccc5)c4c3=O)n2)cc1OC. The minimum Gasteiger partial charge on any atom is -0.493 e. The number of methoxy groups -OCH3 is 2. The van der Waals surface area contributed by atoms with Crippen LogP contribution in [0.2, 0.25) is 0 Å². The van der Waals surface area contributed by atoms with E-state index >= 15 is 0 Å². The molecule has 0 aliphatic rings. The number of thiophene rings is 1. The molecular formula is C24H20N4O4S. The van der Waals surface area contributed by atoms with Crippen molar-refractivity contribution in [3.8, 4) is 34.0 Å². The fourth-order valence-corrected chi connectivity index (χ4v) is 4.76. The highest BCUT2D eigenvalue weighted by molar-refractivity contribution is 7.19. The van der Waals surface area contributed by atoms with E-state index in [2.05, 4.69) is 15.1 Å². The van der Waals surface area contributed by atoms with Crippen molar-refractivity contribution in [2.75, 3.05) is 14.2 Å². The number of aromatic nitrogens is 4. The van der Waals surface area contributed by atoms with Crippen molar-refractivity contribution in [2.24, 2.45) is 0 Å². The highest BCUT2D eigenvalue weighted by atomic mass is 32.1. The van der Waals surface area contributed by atoms with Crippen LogP contribution in [-0.2, 0) is 6.54 Å². The highest BCUT2D eigenvalue weighted by Crippen LogP contribution is 2.35. The minimum absolute atomic E-state index is 0.116. The molecule has 33 heavy (non-hydrogen) atoms. The third-order valence-electron chi connectivity index (χ3n) is 5.33. The lowest BCUT2D eigenvalue weighted by Gasteiger charge is -2.07. The molecule has 166 valence electrons. The van der Waals surface area contributed by atoms with Crippen LogP contribution in [0.25, 0.3) is 32.7 Å². The summed E-state index contributed by atoms with van der Waals surface area (Å²) in [4.78, 5) is 24.1. The fraction of sp³-hybridized carbons (Fsp3) is 0.167. The monoisotopic (exact) mass is 460 g/mol. The molecule has 0 atom stereocenters. The van der Waals surface area contributed by atoms with E-state index in [-0.39, 0.29) is 12.1 Å². The van der Waals surface area contributed by atoms with Crippen LogP contribution in [0.15, 0.2) is 64.2 Å². The van der Waals surface area contributed by atoms with Gasteiger partial charge >= 0.3 is 0 Å². The van der Waals surface area contributed by atoms with Crippen molar-refractivity contribution >= 4 is 21.6 Å². The van der Waals surface area contributed by atoms with Gasteiger partial charge in [0.15, 0.2) is 11.5 Å². The van der Waals surface area contributed by atoms with E-state index in [1.807, 2.05) is 43.3 Å². The standard InChI is InChI=1S/C24H20N4O4S/c1-14-20(15-7-5-4-6-8-15)21-23(33-14)25-13-28(24(21)29)12-19-26-22(27-32-19)16-9-10-17(30-2)18(11-16)31-3/h4-11,13H,12H2,1-3H3. The lowest BCUT2D eigenvalue weighted by atomic mass is 10.0. The second kappa shape index (κ2) is 8.51. The molecule has 5 rings (SSSR count). The molecule has 9 heteroatoms. The van der Waals surface area contributed by atoms with Gasteiger partial charge in [-0.1, -0.05) is 35.5 Å². The summed E-state index contributed by atoms with van der Waals surface area (Å²) in [5.41, 5.74) is 2.47. The summed E-state index contributed by atoms with van der Waals surface area (Å²) in [6, 6.07) is 15.2. The van der Waals surface area contributed by atoms with Crippen molar-refractivity contribution in [3.05, 3.63) is 76.0 Å². The van der Waals surface area contributed by atoms with Crippen LogP contribution < -0.4 is 15.0 Å². The summed E-state index contributed by atoms with van der Waals surface area (Å²) in [5.74, 6) is 1.87. The maximum Gasteiger partial charge on any atom is 0.263 e. The Balaban J connectivity index is 1.50. The molecule has 0 bridgehead atoms. The molecule has 0 spiro atoms. The first kappa shape index (κ1) is 20.9. The van der Waals surface area contributed by atoms with E-state index in [4.69, 9.17) is 14.0 Å². The molecule has 3 heterocycles. The second-order valence-corrected chi connectivity index (χ2v) is 8.54. The van der Waals surface area contributed by atoms with Crippen LogP contribution >= 0.6 is 11.3 Å². The Morgan fingerprint density at radius 1 is 1.03 bits per heavy atom. The average Bonchev–Trinajstić information content (AvgIpc) is 3.45. The van der Waals surface area contributed by atoms with Gasteiger partial charge in [-0.05, 0) is 30.7 Å². The maximum absolute atomic E-state index is 13.4.